The largest absolute Gasteiger partial charge is 0.463 e. The number of hydrogen-bond donors (Lipinski definition) is 2. The maximum atomic E-state index is 5.70. The van der Waals surface area contributed by atoms with Gasteiger partial charge in [0.05, 0.1) is 6.61 Å². The van der Waals surface area contributed by atoms with Gasteiger partial charge >= 0.3 is 6.01 Å². The quantitative estimate of drug-likeness (QED) is 0.850. The summed E-state index contributed by atoms with van der Waals surface area (Å²) in [4.78, 5) is 12.4. The Morgan fingerprint density at radius 2 is 1.95 bits per heavy atom. The highest BCUT2D eigenvalue weighted by atomic mass is 16.5. The van der Waals surface area contributed by atoms with Gasteiger partial charge in [-0.1, -0.05) is 26.2 Å². The minimum absolute atomic E-state index is 0.0497. The molecule has 1 fully saturated rings. The Kier molecular flexibility index (Phi) is 4.39. The highest BCUT2D eigenvalue weighted by molar-refractivity contribution is 5.35. The summed E-state index contributed by atoms with van der Waals surface area (Å²) in [6.45, 7) is 4.83. The molecule has 1 aromatic heterocycles. The van der Waals surface area contributed by atoms with Gasteiger partial charge in [-0.2, -0.15) is 15.0 Å². The van der Waals surface area contributed by atoms with Crippen molar-refractivity contribution in [3.63, 3.8) is 0 Å². The lowest BCUT2D eigenvalue weighted by molar-refractivity contribution is 0.291. The molecule has 19 heavy (non-hydrogen) atoms. The van der Waals surface area contributed by atoms with Crippen LogP contribution in [-0.2, 0) is 0 Å². The minimum atomic E-state index is 0.0497. The molecule has 2 rings (SSSR count). The third-order valence-electron chi connectivity index (χ3n) is 3.44. The molecule has 106 valence electrons. The van der Waals surface area contributed by atoms with Crippen molar-refractivity contribution in [3.05, 3.63) is 0 Å². The number of hydrogen-bond acceptors (Lipinski definition) is 6. The molecule has 1 heterocycles. The van der Waals surface area contributed by atoms with Crippen LogP contribution in [0.4, 0.5) is 11.9 Å². The first-order valence-electron chi connectivity index (χ1n) is 7.04. The Hall–Kier alpha value is -1.59. The lowest BCUT2D eigenvalue weighted by atomic mass is 9.83. The smallest absolute Gasteiger partial charge is 0.323 e. The standard InChI is InChI=1S/C13H23N5O/c1-3-9-19-12-16-10(14)15-11(17-12)18-13(2)7-5-4-6-8-13/h3-9H2,1-2H3,(H3,14,15,16,17,18). The highest BCUT2D eigenvalue weighted by Gasteiger charge is 2.27. The number of nitrogens with zero attached hydrogens (tertiary/aromatic N) is 3. The molecule has 0 spiro atoms. The highest BCUT2D eigenvalue weighted by Crippen LogP contribution is 2.30. The molecule has 0 unspecified atom stereocenters. The number of nitrogen functional groups attached to an aromatic ring is 1. The average Bonchev–Trinajstić information content (AvgIpc) is 2.36. The van der Waals surface area contributed by atoms with Crippen molar-refractivity contribution in [1.29, 1.82) is 0 Å². The molecular weight excluding hydrogens is 242 g/mol. The van der Waals surface area contributed by atoms with E-state index in [0.717, 1.165) is 19.3 Å². The van der Waals surface area contributed by atoms with E-state index in [9.17, 15) is 0 Å². The van der Waals surface area contributed by atoms with Crippen LogP contribution >= 0.6 is 0 Å². The lowest BCUT2D eigenvalue weighted by Crippen LogP contribution is -2.37. The van der Waals surface area contributed by atoms with Crippen molar-refractivity contribution in [2.24, 2.45) is 0 Å². The first-order chi connectivity index (χ1) is 9.11. The molecule has 1 aliphatic rings. The summed E-state index contributed by atoms with van der Waals surface area (Å²) in [5.74, 6) is 0.714. The maximum absolute atomic E-state index is 5.70. The van der Waals surface area contributed by atoms with E-state index < -0.39 is 0 Å². The molecule has 0 aromatic carbocycles. The molecule has 1 saturated carbocycles. The topological polar surface area (TPSA) is 86.0 Å². The maximum Gasteiger partial charge on any atom is 0.323 e. The van der Waals surface area contributed by atoms with Crippen molar-refractivity contribution in [2.45, 2.75) is 57.9 Å². The van der Waals surface area contributed by atoms with Gasteiger partial charge in [-0.15, -0.1) is 0 Å². The summed E-state index contributed by atoms with van der Waals surface area (Å²) in [6.07, 6.45) is 6.95. The van der Waals surface area contributed by atoms with Gasteiger partial charge in [-0.3, -0.25) is 0 Å². The monoisotopic (exact) mass is 265 g/mol. The molecule has 0 radical (unpaired) electrons. The minimum Gasteiger partial charge on any atom is -0.463 e. The van der Waals surface area contributed by atoms with Gasteiger partial charge in [0.1, 0.15) is 0 Å². The van der Waals surface area contributed by atoms with Crippen LogP contribution in [0.15, 0.2) is 0 Å². The van der Waals surface area contributed by atoms with Gasteiger partial charge in [-0.05, 0) is 26.2 Å². The zero-order valence-corrected chi connectivity index (χ0v) is 11.8. The molecule has 0 saturated heterocycles. The second-order valence-corrected chi connectivity index (χ2v) is 5.39. The molecule has 0 amide bonds. The van der Waals surface area contributed by atoms with E-state index in [1.807, 2.05) is 6.92 Å². The van der Waals surface area contributed by atoms with Crippen molar-refractivity contribution < 1.29 is 4.74 Å². The van der Waals surface area contributed by atoms with Crippen LogP contribution in [0.2, 0.25) is 0 Å². The van der Waals surface area contributed by atoms with Crippen molar-refractivity contribution >= 4 is 11.9 Å². The predicted molar refractivity (Wildman–Crippen MR) is 75.1 cm³/mol. The van der Waals surface area contributed by atoms with Crippen LogP contribution < -0.4 is 15.8 Å². The lowest BCUT2D eigenvalue weighted by Gasteiger charge is -2.34. The molecule has 6 nitrogen and oxygen atoms in total. The van der Waals surface area contributed by atoms with Crippen molar-refractivity contribution in [2.75, 3.05) is 17.7 Å². The van der Waals surface area contributed by atoms with E-state index in [2.05, 4.69) is 27.2 Å². The first-order valence-corrected chi connectivity index (χ1v) is 7.04. The average molecular weight is 265 g/mol. The molecule has 1 aliphatic carbocycles. The number of nitrogens with one attached hydrogen (secondary N) is 1. The van der Waals surface area contributed by atoms with Crippen LogP contribution in [0.5, 0.6) is 6.01 Å². The molecule has 3 N–H and O–H groups in total. The summed E-state index contributed by atoms with van der Waals surface area (Å²) in [7, 11) is 0. The fraction of sp³-hybridized carbons (Fsp3) is 0.769. The molecule has 0 bridgehead atoms. The predicted octanol–water partition coefficient (Wildman–Crippen LogP) is 2.38. The zero-order valence-electron chi connectivity index (χ0n) is 11.8. The molecular formula is C13H23N5O. The van der Waals surface area contributed by atoms with Gasteiger partial charge in [0, 0.05) is 5.54 Å². The van der Waals surface area contributed by atoms with E-state index in [0.29, 0.717) is 18.6 Å². The molecule has 0 atom stereocenters. The fourth-order valence-corrected chi connectivity index (χ4v) is 2.41. The van der Waals surface area contributed by atoms with Crippen LogP contribution in [0.3, 0.4) is 0 Å². The number of aromatic nitrogens is 3. The number of ether oxygens (including phenoxy) is 1. The van der Waals surface area contributed by atoms with Gasteiger partial charge in [0.15, 0.2) is 0 Å². The normalized spacial score (nSPS) is 18.0. The van der Waals surface area contributed by atoms with E-state index in [1.54, 1.807) is 0 Å². The second kappa shape index (κ2) is 6.04. The number of anilines is 2. The Morgan fingerprint density at radius 3 is 2.63 bits per heavy atom. The van der Waals surface area contributed by atoms with E-state index >= 15 is 0 Å². The Labute approximate surface area is 114 Å². The third-order valence-corrected chi connectivity index (χ3v) is 3.44. The van der Waals surface area contributed by atoms with Gasteiger partial charge < -0.3 is 15.8 Å². The molecule has 6 heteroatoms. The Morgan fingerprint density at radius 1 is 1.21 bits per heavy atom. The zero-order chi connectivity index (χ0) is 13.7. The summed E-state index contributed by atoms with van der Waals surface area (Å²) in [5, 5.41) is 3.39. The first kappa shape index (κ1) is 13.8. The summed E-state index contributed by atoms with van der Waals surface area (Å²) in [6, 6.07) is 0.302. The van der Waals surface area contributed by atoms with Crippen molar-refractivity contribution in [1.82, 2.24) is 15.0 Å². The van der Waals surface area contributed by atoms with Crippen LogP contribution in [0, 0.1) is 0 Å². The summed E-state index contributed by atoms with van der Waals surface area (Å²) < 4.78 is 5.42. The third kappa shape index (κ3) is 3.94. The van der Waals surface area contributed by atoms with Gasteiger partial charge in [0.2, 0.25) is 11.9 Å². The molecule has 0 aliphatic heterocycles. The van der Waals surface area contributed by atoms with E-state index in [1.165, 1.54) is 19.3 Å². The van der Waals surface area contributed by atoms with E-state index in [4.69, 9.17) is 10.5 Å². The Bertz CT molecular complexity index is 417. The molecule has 1 aromatic rings. The van der Waals surface area contributed by atoms with Gasteiger partial charge in [0.25, 0.3) is 0 Å². The van der Waals surface area contributed by atoms with E-state index in [-0.39, 0.29) is 11.5 Å². The second-order valence-electron chi connectivity index (χ2n) is 5.39. The van der Waals surface area contributed by atoms with Crippen molar-refractivity contribution in [3.8, 4) is 6.01 Å². The fourth-order valence-electron chi connectivity index (χ4n) is 2.41. The van der Waals surface area contributed by atoms with Crippen LogP contribution in [0.1, 0.15) is 52.4 Å². The summed E-state index contributed by atoms with van der Waals surface area (Å²) >= 11 is 0. The van der Waals surface area contributed by atoms with Gasteiger partial charge in [-0.25, -0.2) is 0 Å². The number of rotatable bonds is 5. The Balaban J connectivity index is 2.08. The summed E-state index contributed by atoms with van der Waals surface area (Å²) in [5.41, 5.74) is 5.75. The van der Waals surface area contributed by atoms with Crippen LogP contribution in [-0.4, -0.2) is 27.1 Å². The number of nitrogens with two attached hydrogens (primary N) is 1. The van der Waals surface area contributed by atoms with Crippen LogP contribution in [0.25, 0.3) is 0 Å². The SMILES string of the molecule is CCCOc1nc(N)nc(NC2(C)CCCCC2)n1.